The highest BCUT2D eigenvalue weighted by molar-refractivity contribution is 5.75. The van der Waals surface area contributed by atoms with Gasteiger partial charge in [-0.2, -0.15) is 5.26 Å². The molecule has 0 aromatic carbocycles. The third-order valence-electron chi connectivity index (χ3n) is 2.84. The van der Waals surface area contributed by atoms with Crippen LogP contribution in [0.4, 0.5) is 0 Å². The molecule has 1 aliphatic rings. The van der Waals surface area contributed by atoms with Crippen molar-refractivity contribution in [2.75, 3.05) is 40.3 Å². The molecule has 0 saturated carbocycles. The lowest BCUT2D eigenvalue weighted by molar-refractivity contribution is -0.128. The number of nitriles is 1. The van der Waals surface area contributed by atoms with Crippen LogP contribution in [0.5, 0.6) is 0 Å². The van der Waals surface area contributed by atoms with Gasteiger partial charge in [-0.05, 0) is 13.0 Å². The number of rotatable bonds is 4. The van der Waals surface area contributed by atoms with Gasteiger partial charge in [-0.3, -0.25) is 9.69 Å². The second kappa shape index (κ2) is 6.46. The number of hydrogen-bond acceptors (Lipinski definition) is 4. The van der Waals surface area contributed by atoms with Crippen molar-refractivity contribution in [3.8, 4) is 6.07 Å². The average molecular weight is 224 g/mol. The molecule has 0 radical (unpaired) electrons. The number of piperazine rings is 1. The topological polar surface area (TPSA) is 59.4 Å². The van der Waals surface area contributed by atoms with Crippen LogP contribution in [0.1, 0.15) is 12.8 Å². The van der Waals surface area contributed by atoms with E-state index in [2.05, 4.69) is 16.3 Å². The van der Waals surface area contributed by atoms with Gasteiger partial charge in [0.25, 0.3) is 0 Å². The first-order valence-corrected chi connectivity index (χ1v) is 5.69. The summed E-state index contributed by atoms with van der Waals surface area (Å²) in [4.78, 5) is 15.1. The van der Waals surface area contributed by atoms with Crippen LogP contribution in [0.15, 0.2) is 0 Å². The summed E-state index contributed by atoms with van der Waals surface area (Å²) in [6.45, 7) is 3.39. The van der Waals surface area contributed by atoms with E-state index >= 15 is 0 Å². The van der Waals surface area contributed by atoms with Gasteiger partial charge >= 0.3 is 0 Å². The molecule has 5 heteroatoms. The zero-order valence-electron chi connectivity index (χ0n) is 10.1. The second-order valence-electron chi connectivity index (χ2n) is 4.28. The number of nitrogens with zero attached hydrogens (tertiary/aromatic N) is 3. The van der Waals surface area contributed by atoms with E-state index < -0.39 is 0 Å². The molecule has 1 atom stereocenters. The summed E-state index contributed by atoms with van der Waals surface area (Å²) in [5.74, 6) is 0.156. The van der Waals surface area contributed by atoms with Gasteiger partial charge in [-0.1, -0.05) is 0 Å². The Hall–Kier alpha value is -1.12. The first kappa shape index (κ1) is 12.9. The monoisotopic (exact) mass is 224 g/mol. The number of carbonyl (C=O) groups excluding carboxylic acids is 1. The number of carbonyl (C=O) groups is 1. The lowest BCUT2D eigenvalue weighted by atomic mass is 10.2. The smallest absolute Gasteiger partial charge is 0.222 e. The fraction of sp³-hybridized carbons (Fsp3) is 0.818. The van der Waals surface area contributed by atoms with Crippen LogP contribution < -0.4 is 5.32 Å². The summed E-state index contributed by atoms with van der Waals surface area (Å²) in [6, 6.07) is 2.24. The van der Waals surface area contributed by atoms with Gasteiger partial charge in [0, 0.05) is 40.2 Å². The van der Waals surface area contributed by atoms with Crippen LogP contribution in [0.3, 0.4) is 0 Å². The molecule has 1 unspecified atom stereocenters. The Kier molecular flexibility index (Phi) is 5.23. The Morgan fingerprint density at radius 2 is 2.38 bits per heavy atom. The summed E-state index contributed by atoms with van der Waals surface area (Å²) in [7, 11) is 3.54. The van der Waals surface area contributed by atoms with Crippen LogP contribution in [0, 0.1) is 11.3 Å². The van der Waals surface area contributed by atoms with Crippen molar-refractivity contribution < 1.29 is 4.79 Å². The summed E-state index contributed by atoms with van der Waals surface area (Å²) >= 11 is 0. The highest BCUT2D eigenvalue weighted by atomic mass is 16.2. The van der Waals surface area contributed by atoms with Gasteiger partial charge in [0.2, 0.25) is 5.91 Å². The molecule has 1 saturated heterocycles. The highest BCUT2D eigenvalue weighted by Gasteiger charge is 2.21. The fourth-order valence-electron chi connectivity index (χ4n) is 1.80. The quantitative estimate of drug-likeness (QED) is 0.709. The Bertz CT molecular complexity index is 272. The predicted molar refractivity (Wildman–Crippen MR) is 61.8 cm³/mol. The highest BCUT2D eigenvalue weighted by Crippen LogP contribution is 2.05. The van der Waals surface area contributed by atoms with Gasteiger partial charge < -0.3 is 10.2 Å². The first-order valence-electron chi connectivity index (χ1n) is 5.69. The molecule has 1 heterocycles. The maximum absolute atomic E-state index is 11.4. The predicted octanol–water partition coefficient (Wildman–Crippen LogP) is -0.348. The van der Waals surface area contributed by atoms with E-state index in [4.69, 9.17) is 5.26 Å². The standard InChI is InChI=1S/C11H20N4O/c1-14(2)11(16)4-3-6-15-7-5-13-9-10(15)8-12/h10,13H,3-7,9H2,1-2H3. The summed E-state index contributed by atoms with van der Waals surface area (Å²) in [5, 5.41) is 12.1. The van der Waals surface area contributed by atoms with Crippen LogP contribution in [-0.2, 0) is 4.79 Å². The molecule has 90 valence electrons. The molecule has 1 amide bonds. The minimum absolute atomic E-state index is 0.0387. The Labute approximate surface area is 97.0 Å². The zero-order valence-corrected chi connectivity index (χ0v) is 10.1. The van der Waals surface area contributed by atoms with Crippen molar-refractivity contribution in [2.45, 2.75) is 18.9 Å². The van der Waals surface area contributed by atoms with E-state index in [1.165, 1.54) is 0 Å². The summed E-state index contributed by atoms with van der Waals surface area (Å²) < 4.78 is 0. The average Bonchev–Trinajstić information content (AvgIpc) is 2.29. The van der Waals surface area contributed by atoms with E-state index in [1.54, 1.807) is 19.0 Å². The third kappa shape index (κ3) is 3.80. The Morgan fingerprint density at radius 3 is 3.00 bits per heavy atom. The van der Waals surface area contributed by atoms with Crippen molar-refractivity contribution in [3.63, 3.8) is 0 Å². The van der Waals surface area contributed by atoms with E-state index in [0.717, 1.165) is 32.6 Å². The lowest BCUT2D eigenvalue weighted by Gasteiger charge is -2.31. The van der Waals surface area contributed by atoms with Gasteiger partial charge in [0.15, 0.2) is 0 Å². The molecule has 1 rings (SSSR count). The van der Waals surface area contributed by atoms with Crippen LogP contribution in [0.2, 0.25) is 0 Å². The van der Waals surface area contributed by atoms with Crippen LogP contribution in [0.25, 0.3) is 0 Å². The van der Waals surface area contributed by atoms with Crippen molar-refractivity contribution >= 4 is 5.91 Å². The summed E-state index contributed by atoms with van der Waals surface area (Å²) in [5.41, 5.74) is 0. The van der Waals surface area contributed by atoms with Crippen molar-refractivity contribution in [3.05, 3.63) is 0 Å². The molecule has 0 aromatic rings. The normalized spacial score (nSPS) is 21.4. The van der Waals surface area contributed by atoms with Crippen LogP contribution in [-0.4, -0.2) is 62.0 Å². The van der Waals surface area contributed by atoms with E-state index in [9.17, 15) is 4.79 Å². The van der Waals surface area contributed by atoms with Gasteiger partial charge in [-0.25, -0.2) is 0 Å². The Balaban J connectivity index is 2.26. The number of amides is 1. The second-order valence-corrected chi connectivity index (χ2v) is 4.28. The Morgan fingerprint density at radius 1 is 1.62 bits per heavy atom. The minimum Gasteiger partial charge on any atom is -0.349 e. The maximum Gasteiger partial charge on any atom is 0.222 e. The molecule has 1 aliphatic heterocycles. The molecular weight excluding hydrogens is 204 g/mol. The molecule has 16 heavy (non-hydrogen) atoms. The molecule has 1 fully saturated rings. The van der Waals surface area contributed by atoms with E-state index in [1.807, 2.05) is 0 Å². The van der Waals surface area contributed by atoms with Crippen molar-refractivity contribution in [1.29, 1.82) is 5.26 Å². The minimum atomic E-state index is -0.0387. The SMILES string of the molecule is CN(C)C(=O)CCCN1CCNCC1C#N. The largest absolute Gasteiger partial charge is 0.349 e. The first-order chi connectivity index (χ1) is 7.65. The third-order valence-corrected chi connectivity index (χ3v) is 2.84. The molecular formula is C11H20N4O. The van der Waals surface area contributed by atoms with Gasteiger partial charge in [0.1, 0.15) is 6.04 Å². The fourth-order valence-corrected chi connectivity index (χ4v) is 1.80. The van der Waals surface area contributed by atoms with Crippen molar-refractivity contribution in [2.24, 2.45) is 0 Å². The summed E-state index contributed by atoms with van der Waals surface area (Å²) in [6.07, 6.45) is 1.39. The molecule has 0 bridgehead atoms. The molecule has 0 aliphatic carbocycles. The number of nitrogens with one attached hydrogen (secondary N) is 1. The molecule has 0 spiro atoms. The van der Waals surface area contributed by atoms with Gasteiger partial charge in [-0.15, -0.1) is 0 Å². The van der Waals surface area contributed by atoms with Crippen molar-refractivity contribution in [1.82, 2.24) is 15.1 Å². The van der Waals surface area contributed by atoms with E-state index in [-0.39, 0.29) is 11.9 Å². The lowest BCUT2D eigenvalue weighted by Crippen LogP contribution is -2.50. The van der Waals surface area contributed by atoms with E-state index in [0.29, 0.717) is 6.42 Å². The number of hydrogen-bond donors (Lipinski definition) is 1. The van der Waals surface area contributed by atoms with Gasteiger partial charge in [0.05, 0.1) is 6.07 Å². The molecule has 1 N–H and O–H groups in total. The molecule has 5 nitrogen and oxygen atoms in total. The zero-order chi connectivity index (χ0) is 12.0. The maximum atomic E-state index is 11.4. The van der Waals surface area contributed by atoms with Crippen LogP contribution >= 0.6 is 0 Å². The molecule has 0 aromatic heterocycles.